The van der Waals surface area contributed by atoms with Gasteiger partial charge in [-0.25, -0.2) is 18.7 Å². The molecular weight excluding hydrogens is 365 g/mol. The number of hydroxylamine groups is 1. The smallest absolute Gasteiger partial charge is 0.269 e. The molecule has 4 N–H and O–H groups in total. The van der Waals surface area contributed by atoms with Gasteiger partial charge in [-0.1, -0.05) is 30.3 Å². The Bertz CT molecular complexity index is 826. The summed E-state index contributed by atoms with van der Waals surface area (Å²) in [6.07, 6.45) is -3.37. The summed E-state index contributed by atoms with van der Waals surface area (Å²) in [6, 6.07) is 9.39. The number of halogens is 3. The van der Waals surface area contributed by atoms with E-state index in [1.54, 1.807) is 12.1 Å². The predicted octanol–water partition coefficient (Wildman–Crippen LogP) is 2.11. The normalized spacial score (nSPS) is 14.3. The van der Waals surface area contributed by atoms with Crippen LogP contribution in [0, 0.1) is 5.82 Å². The lowest BCUT2D eigenvalue weighted by Gasteiger charge is -2.30. The molecule has 27 heavy (non-hydrogen) atoms. The number of benzene rings is 2. The number of amides is 2. The van der Waals surface area contributed by atoms with Crippen LogP contribution in [-0.4, -0.2) is 40.2 Å². The quantitative estimate of drug-likeness (QED) is 0.454. The van der Waals surface area contributed by atoms with Gasteiger partial charge < -0.3 is 10.4 Å². The summed E-state index contributed by atoms with van der Waals surface area (Å²) in [5.41, 5.74) is -1.02. The summed E-state index contributed by atoms with van der Waals surface area (Å²) in [6.45, 7) is 0.652. The second-order valence-corrected chi connectivity index (χ2v) is 5.97. The first-order valence-electron chi connectivity index (χ1n) is 7.78. The lowest BCUT2D eigenvalue weighted by molar-refractivity contribution is -0.149. The average molecular weight is 382 g/mol. The van der Waals surface area contributed by atoms with Gasteiger partial charge in [0, 0.05) is 11.1 Å². The molecule has 0 aliphatic carbocycles. The van der Waals surface area contributed by atoms with Gasteiger partial charge in [0.2, 0.25) is 0 Å². The third-order valence-corrected chi connectivity index (χ3v) is 4.01. The van der Waals surface area contributed by atoms with Crippen molar-refractivity contribution in [3.8, 4) is 11.1 Å². The van der Waals surface area contributed by atoms with Crippen molar-refractivity contribution in [2.45, 2.75) is 25.0 Å². The topological polar surface area (TPSA) is 98.7 Å². The summed E-state index contributed by atoms with van der Waals surface area (Å²) in [5.74, 6) is -2.80. The second-order valence-electron chi connectivity index (χ2n) is 5.97. The maximum atomic E-state index is 13.8. The molecule has 0 bridgehead atoms. The van der Waals surface area contributed by atoms with E-state index in [1.165, 1.54) is 36.4 Å². The van der Waals surface area contributed by atoms with E-state index in [-0.39, 0.29) is 5.56 Å². The molecule has 0 aromatic heterocycles. The number of carbonyl (C=O) groups excluding carboxylic acids is 2. The van der Waals surface area contributed by atoms with Crippen LogP contribution in [0.1, 0.15) is 17.3 Å². The van der Waals surface area contributed by atoms with E-state index in [9.17, 15) is 27.9 Å². The number of hydrogen-bond donors (Lipinski definition) is 4. The Morgan fingerprint density at radius 3 is 2.19 bits per heavy atom. The molecule has 0 aliphatic rings. The molecule has 6 nitrogen and oxygen atoms in total. The number of nitrogens with one attached hydrogen (secondary N) is 2. The van der Waals surface area contributed by atoms with Gasteiger partial charge >= 0.3 is 0 Å². The van der Waals surface area contributed by atoms with E-state index in [2.05, 4.69) is 0 Å². The monoisotopic (exact) mass is 382 g/mol. The highest BCUT2D eigenvalue weighted by Crippen LogP contribution is 2.23. The van der Waals surface area contributed by atoms with Gasteiger partial charge in [-0.15, -0.1) is 0 Å². The van der Waals surface area contributed by atoms with Gasteiger partial charge in [-0.3, -0.25) is 14.8 Å². The summed E-state index contributed by atoms with van der Waals surface area (Å²) in [5, 5.41) is 20.4. The van der Waals surface area contributed by atoms with Crippen LogP contribution in [0.15, 0.2) is 48.5 Å². The van der Waals surface area contributed by atoms with Gasteiger partial charge in [0.05, 0.1) is 0 Å². The summed E-state index contributed by atoms with van der Waals surface area (Å²) >= 11 is 0. The summed E-state index contributed by atoms with van der Waals surface area (Å²) in [4.78, 5) is 23.9. The van der Waals surface area contributed by atoms with Crippen LogP contribution in [0.5, 0.6) is 0 Å². The molecular formula is C18H17F3N2O4. The van der Waals surface area contributed by atoms with Crippen LogP contribution < -0.4 is 10.8 Å². The van der Waals surface area contributed by atoms with Crippen LogP contribution in [0.3, 0.4) is 0 Å². The lowest BCUT2D eigenvalue weighted by atomic mass is 9.95. The zero-order valence-corrected chi connectivity index (χ0v) is 14.1. The maximum Gasteiger partial charge on any atom is 0.269 e. The molecule has 2 amide bonds. The van der Waals surface area contributed by atoms with Crippen LogP contribution in [-0.2, 0) is 4.79 Å². The van der Waals surface area contributed by atoms with E-state index in [1.807, 2.05) is 5.32 Å². The molecule has 2 rings (SSSR count). The van der Waals surface area contributed by atoms with Crippen molar-refractivity contribution >= 4 is 11.8 Å². The molecule has 0 unspecified atom stereocenters. The predicted molar refractivity (Wildman–Crippen MR) is 89.6 cm³/mol. The minimum absolute atomic E-state index is 0.0177. The molecule has 2 aromatic carbocycles. The Hall–Kier alpha value is -2.91. The van der Waals surface area contributed by atoms with Crippen molar-refractivity contribution in [1.82, 2.24) is 10.8 Å². The fraction of sp³-hybridized carbons (Fsp3) is 0.222. The Morgan fingerprint density at radius 2 is 1.67 bits per heavy atom. The Morgan fingerprint density at radius 1 is 1.07 bits per heavy atom. The van der Waals surface area contributed by atoms with Crippen molar-refractivity contribution in [1.29, 1.82) is 0 Å². The minimum atomic E-state index is -3.37. The molecule has 0 saturated heterocycles. The van der Waals surface area contributed by atoms with Gasteiger partial charge in [0.15, 0.2) is 5.60 Å². The first-order valence-corrected chi connectivity index (χ1v) is 7.78. The van der Waals surface area contributed by atoms with Crippen molar-refractivity contribution in [2.75, 3.05) is 0 Å². The highest BCUT2D eigenvalue weighted by atomic mass is 19.3. The van der Waals surface area contributed by atoms with Crippen molar-refractivity contribution in [2.24, 2.45) is 0 Å². The molecule has 144 valence electrons. The average Bonchev–Trinajstić information content (AvgIpc) is 2.65. The Labute approximate surface area is 152 Å². The molecule has 0 aliphatic heterocycles. The molecule has 2 atom stereocenters. The highest BCUT2D eigenvalue weighted by Gasteiger charge is 2.46. The van der Waals surface area contributed by atoms with E-state index in [0.29, 0.717) is 18.1 Å². The lowest BCUT2D eigenvalue weighted by Crippen LogP contribution is -2.61. The standard InChI is InChI=1S/C18H17F3N2O4/c1-18(26,17(20)21)14(16(25)23-27)22-15(24)11-8-6-10(7-9-11)12-4-2-3-5-13(12)19/h2-9,14,17,26-27H,1H3,(H,22,24)(H,23,25)/t14-,18+/m1/s1. The second kappa shape index (κ2) is 8.19. The van der Waals surface area contributed by atoms with Crippen LogP contribution >= 0.6 is 0 Å². The van der Waals surface area contributed by atoms with Crippen molar-refractivity contribution < 1.29 is 33.1 Å². The number of hydrogen-bond acceptors (Lipinski definition) is 4. The molecule has 2 aromatic rings. The van der Waals surface area contributed by atoms with E-state index >= 15 is 0 Å². The van der Waals surface area contributed by atoms with Crippen LogP contribution in [0.25, 0.3) is 11.1 Å². The maximum absolute atomic E-state index is 13.8. The first-order chi connectivity index (χ1) is 12.7. The molecule has 0 saturated carbocycles. The zero-order chi connectivity index (χ0) is 20.2. The Balaban J connectivity index is 2.24. The van der Waals surface area contributed by atoms with Crippen LogP contribution in [0.4, 0.5) is 13.2 Å². The van der Waals surface area contributed by atoms with E-state index in [4.69, 9.17) is 5.21 Å². The van der Waals surface area contributed by atoms with Crippen LogP contribution in [0.2, 0.25) is 0 Å². The Kier molecular flexibility index (Phi) is 6.19. The fourth-order valence-corrected chi connectivity index (χ4v) is 2.38. The third kappa shape index (κ3) is 4.44. The third-order valence-electron chi connectivity index (χ3n) is 4.01. The first kappa shape index (κ1) is 20.4. The summed E-state index contributed by atoms with van der Waals surface area (Å²) < 4.78 is 39.8. The number of alkyl halides is 2. The van der Waals surface area contributed by atoms with E-state index < -0.39 is 35.7 Å². The molecule has 0 heterocycles. The zero-order valence-electron chi connectivity index (χ0n) is 14.1. The van der Waals surface area contributed by atoms with Gasteiger partial charge in [0.25, 0.3) is 18.2 Å². The van der Waals surface area contributed by atoms with Gasteiger partial charge in [0.1, 0.15) is 11.9 Å². The minimum Gasteiger partial charge on any atom is -0.381 e. The van der Waals surface area contributed by atoms with Crippen molar-refractivity contribution in [3.05, 3.63) is 59.9 Å². The van der Waals surface area contributed by atoms with Gasteiger partial charge in [-0.05, 0) is 30.7 Å². The van der Waals surface area contributed by atoms with E-state index in [0.717, 1.165) is 5.48 Å². The molecule has 9 heteroatoms. The highest BCUT2D eigenvalue weighted by molar-refractivity contribution is 5.98. The SMILES string of the molecule is C[C@@](O)(C(F)F)[C@H](NC(=O)c1ccc(-c2ccccc2F)cc1)C(=O)NO. The number of aliphatic hydroxyl groups is 1. The van der Waals surface area contributed by atoms with Crippen molar-refractivity contribution in [3.63, 3.8) is 0 Å². The number of rotatable bonds is 6. The van der Waals surface area contributed by atoms with Gasteiger partial charge in [-0.2, -0.15) is 0 Å². The molecule has 0 spiro atoms. The number of carbonyl (C=O) groups is 2. The summed E-state index contributed by atoms with van der Waals surface area (Å²) in [7, 11) is 0. The molecule has 0 fully saturated rings. The largest absolute Gasteiger partial charge is 0.381 e. The molecule has 0 radical (unpaired) electrons. The fourth-order valence-electron chi connectivity index (χ4n) is 2.38.